The zero-order valence-electron chi connectivity index (χ0n) is 16.2. The summed E-state index contributed by atoms with van der Waals surface area (Å²) in [6, 6.07) is 6.21. The number of aryl methyl sites for hydroxylation is 2. The molecule has 7 heteroatoms. The molecule has 0 fully saturated rings. The zero-order valence-corrected chi connectivity index (χ0v) is 17.8. The number of nitrogens with zero attached hydrogens (tertiary/aromatic N) is 2. The Morgan fingerprint density at radius 3 is 2.78 bits per heavy atom. The van der Waals surface area contributed by atoms with Gasteiger partial charge in [0.05, 0.1) is 0 Å². The number of carbonyl (C=O) groups is 1. The number of hydrogen-bond donors (Lipinski definition) is 1. The van der Waals surface area contributed by atoms with Crippen molar-refractivity contribution in [3.05, 3.63) is 29.3 Å². The van der Waals surface area contributed by atoms with E-state index in [0.717, 1.165) is 28.7 Å². The van der Waals surface area contributed by atoms with Crippen LogP contribution in [0.3, 0.4) is 0 Å². The van der Waals surface area contributed by atoms with Crippen LogP contribution in [0.25, 0.3) is 0 Å². The minimum atomic E-state index is -0.540. The van der Waals surface area contributed by atoms with Crippen molar-refractivity contribution in [3.8, 4) is 5.75 Å². The third kappa shape index (κ3) is 5.69. The number of hydrogen-bond acceptors (Lipinski definition) is 6. The van der Waals surface area contributed by atoms with Gasteiger partial charge in [0.1, 0.15) is 5.75 Å². The maximum Gasteiger partial charge on any atom is 0.267 e. The van der Waals surface area contributed by atoms with Gasteiger partial charge in [-0.05, 0) is 61.3 Å². The minimum absolute atomic E-state index is 0.174. The van der Waals surface area contributed by atoms with E-state index < -0.39 is 6.10 Å². The topological polar surface area (TPSA) is 64.1 Å². The van der Waals surface area contributed by atoms with Crippen LogP contribution in [0.15, 0.2) is 22.5 Å². The first kappa shape index (κ1) is 20.1. The molecule has 0 saturated carbocycles. The molecule has 0 unspecified atom stereocenters. The van der Waals surface area contributed by atoms with Crippen molar-refractivity contribution >= 4 is 34.1 Å². The summed E-state index contributed by atoms with van der Waals surface area (Å²) >= 11 is 3.08. The molecule has 1 atom stereocenters. The highest BCUT2D eigenvalue weighted by Gasteiger charge is 2.21. The second-order valence-electron chi connectivity index (χ2n) is 7.22. The van der Waals surface area contributed by atoms with Crippen LogP contribution >= 0.6 is 23.1 Å². The number of amides is 1. The summed E-state index contributed by atoms with van der Waals surface area (Å²) in [5.74, 6) is 2.17. The third-order valence-corrected chi connectivity index (χ3v) is 6.84. The van der Waals surface area contributed by atoms with Gasteiger partial charge in [-0.25, -0.2) is 0 Å². The molecule has 2 aromatic rings. The van der Waals surface area contributed by atoms with Crippen molar-refractivity contribution in [2.75, 3.05) is 11.1 Å². The van der Waals surface area contributed by atoms with Gasteiger partial charge in [-0.1, -0.05) is 49.9 Å². The standard InChI is InChI=1S/C20H27N3O2S2/c1-4-17(25-16-10-9-14-7-5-6-8-15(14)11-16)18(24)21-19-22-23-20(27-19)26-12-13(2)3/h9-11,13,17H,4-8,12H2,1-3H3,(H,21,22,24)/t17-/m0/s1. The highest BCUT2D eigenvalue weighted by Crippen LogP contribution is 2.28. The largest absolute Gasteiger partial charge is 0.481 e. The van der Waals surface area contributed by atoms with E-state index in [1.54, 1.807) is 11.8 Å². The molecule has 1 aromatic carbocycles. The average Bonchev–Trinajstić information content (AvgIpc) is 3.11. The lowest BCUT2D eigenvalue weighted by atomic mass is 9.92. The SMILES string of the molecule is CC[C@H](Oc1ccc2c(c1)CCCC2)C(=O)Nc1nnc(SCC(C)C)s1. The fourth-order valence-electron chi connectivity index (χ4n) is 3.01. The number of rotatable bonds is 8. The molecule has 0 aliphatic heterocycles. The van der Waals surface area contributed by atoms with Gasteiger partial charge in [-0.15, -0.1) is 10.2 Å². The van der Waals surface area contributed by atoms with E-state index in [1.165, 1.54) is 35.3 Å². The molecule has 0 spiro atoms. The predicted octanol–water partition coefficient (Wildman–Crippen LogP) is 4.96. The van der Waals surface area contributed by atoms with Crippen molar-refractivity contribution in [2.45, 2.75) is 63.3 Å². The smallest absolute Gasteiger partial charge is 0.267 e. The van der Waals surface area contributed by atoms with E-state index in [4.69, 9.17) is 4.74 Å². The van der Waals surface area contributed by atoms with Crippen molar-refractivity contribution in [1.82, 2.24) is 10.2 Å². The molecular weight excluding hydrogens is 378 g/mol. The summed E-state index contributed by atoms with van der Waals surface area (Å²) in [4.78, 5) is 12.6. The molecule has 3 rings (SSSR count). The van der Waals surface area contributed by atoms with Crippen LogP contribution < -0.4 is 10.1 Å². The summed E-state index contributed by atoms with van der Waals surface area (Å²) in [6.07, 6.45) is 4.77. The molecule has 0 radical (unpaired) electrons. The Bertz CT molecular complexity index is 776. The Balaban J connectivity index is 1.59. The minimum Gasteiger partial charge on any atom is -0.481 e. The first-order valence-corrected chi connectivity index (χ1v) is 11.4. The van der Waals surface area contributed by atoms with Crippen molar-refractivity contribution < 1.29 is 9.53 Å². The van der Waals surface area contributed by atoms with Gasteiger partial charge in [0.2, 0.25) is 5.13 Å². The van der Waals surface area contributed by atoms with Crippen LogP contribution in [0.5, 0.6) is 5.75 Å². The van der Waals surface area contributed by atoms with E-state index in [-0.39, 0.29) is 5.91 Å². The van der Waals surface area contributed by atoms with Gasteiger partial charge in [-0.2, -0.15) is 0 Å². The summed E-state index contributed by atoms with van der Waals surface area (Å²) in [5.41, 5.74) is 2.76. The Kier molecular flexibility index (Phi) is 7.13. The maximum atomic E-state index is 12.6. The Labute approximate surface area is 169 Å². The van der Waals surface area contributed by atoms with E-state index in [2.05, 4.69) is 41.5 Å². The Morgan fingerprint density at radius 2 is 2.04 bits per heavy atom. The number of aromatic nitrogens is 2. The van der Waals surface area contributed by atoms with Gasteiger partial charge in [0.25, 0.3) is 5.91 Å². The van der Waals surface area contributed by atoms with Gasteiger partial charge < -0.3 is 4.74 Å². The molecule has 27 heavy (non-hydrogen) atoms. The molecule has 1 N–H and O–H groups in total. The van der Waals surface area contributed by atoms with Crippen LogP contribution in [-0.4, -0.2) is 28.0 Å². The number of nitrogens with one attached hydrogen (secondary N) is 1. The van der Waals surface area contributed by atoms with E-state index in [1.807, 2.05) is 13.0 Å². The van der Waals surface area contributed by atoms with Gasteiger partial charge >= 0.3 is 0 Å². The van der Waals surface area contributed by atoms with Crippen molar-refractivity contribution in [3.63, 3.8) is 0 Å². The highest BCUT2D eigenvalue weighted by molar-refractivity contribution is 8.01. The maximum absolute atomic E-state index is 12.6. The quantitative estimate of drug-likeness (QED) is 0.497. The highest BCUT2D eigenvalue weighted by atomic mass is 32.2. The van der Waals surface area contributed by atoms with Gasteiger partial charge in [0, 0.05) is 5.75 Å². The lowest BCUT2D eigenvalue weighted by Crippen LogP contribution is -2.32. The first-order chi connectivity index (χ1) is 13.0. The monoisotopic (exact) mass is 405 g/mol. The fourth-order valence-corrected chi connectivity index (χ4v) is 4.74. The first-order valence-electron chi connectivity index (χ1n) is 9.60. The summed E-state index contributed by atoms with van der Waals surface area (Å²) in [6.45, 7) is 6.29. The van der Waals surface area contributed by atoms with E-state index >= 15 is 0 Å². The zero-order chi connectivity index (χ0) is 19.2. The normalized spacial score (nSPS) is 14.7. The van der Waals surface area contributed by atoms with Crippen LogP contribution in [-0.2, 0) is 17.6 Å². The second kappa shape index (κ2) is 9.55. The van der Waals surface area contributed by atoms with Crippen LogP contribution in [0.1, 0.15) is 51.2 Å². The molecule has 1 heterocycles. The molecular formula is C20H27N3O2S2. The molecule has 1 aliphatic carbocycles. The predicted molar refractivity (Wildman–Crippen MR) is 112 cm³/mol. The summed E-state index contributed by atoms with van der Waals surface area (Å²) in [7, 11) is 0. The number of anilines is 1. The molecule has 1 aromatic heterocycles. The number of carbonyl (C=O) groups excluding carboxylic acids is 1. The molecule has 1 aliphatic rings. The lowest BCUT2D eigenvalue weighted by molar-refractivity contribution is -0.122. The molecule has 1 amide bonds. The van der Waals surface area contributed by atoms with Gasteiger partial charge in [0.15, 0.2) is 10.4 Å². The Hall–Kier alpha value is -1.60. The molecule has 0 saturated heterocycles. The third-order valence-electron chi connectivity index (χ3n) is 4.44. The summed E-state index contributed by atoms with van der Waals surface area (Å²) in [5, 5.41) is 11.6. The average molecular weight is 406 g/mol. The molecule has 0 bridgehead atoms. The van der Waals surface area contributed by atoms with Crippen LogP contribution in [0, 0.1) is 5.92 Å². The molecule has 146 valence electrons. The number of benzene rings is 1. The Morgan fingerprint density at radius 1 is 1.26 bits per heavy atom. The number of ether oxygens (including phenoxy) is 1. The van der Waals surface area contributed by atoms with E-state index in [0.29, 0.717) is 17.5 Å². The van der Waals surface area contributed by atoms with Crippen molar-refractivity contribution in [2.24, 2.45) is 5.92 Å². The van der Waals surface area contributed by atoms with Crippen molar-refractivity contribution in [1.29, 1.82) is 0 Å². The molecule has 5 nitrogen and oxygen atoms in total. The van der Waals surface area contributed by atoms with Crippen LogP contribution in [0.2, 0.25) is 0 Å². The summed E-state index contributed by atoms with van der Waals surface area (Å²) < 4.78 is 6.87. The van der Waals surface area contributed by atoms with Crippen LogP contribution in [0.4, 0.5) is 5.13 Å². The fraction of sp³-hybridized carbons (Fsp3) is 0.550. The number of fused-ring (bicyclic) bond motifs is 1. The lowest BCUT2D eigenvalue weighted by Gasteiger charge is -2.20. The van der Waals surface area contributed by atoms with E-state index in [9.17, 15) is 4.79 Å². The second-order valence-corrected chi connectivity index (χ2v) is 9.46. The number of thioether (sulfide) groups is 1. The van der Waals surface area contributed by atoms with Gasteiger partial charge in [-0.3, -0.25) is 10.1 Å².